The van der Waals surface area contributed by atoms with E-state index in [9.17, 15) is 9.59 Å². The number of likely N-dealkylation sites (tertiary alicyclic amines) is 1. The van der Waals surface area contributed by atoms with Gasteiger partial charge in [-0.2, -0.15) is 0 Å². The Labute approximate surface area is 147 Å². The van der Waals surface area contributed by atoms with Crippen molar-refractivity contribution in [2.45, 2.75) is 12.8 Å². The first-order valence-corrected chi connectivity index (χ1v) is 8.61. The minimum Gasteiger partial charge on any atom is -0.459 e. The molecular weight excluding hydrogens is 318 g/mol. The summed E-state index contributed by atoms with van der Waals surface area (Å²) in [5.41, 5.74) is 1.32. The number of nitrogens with zero attached hydrogens (tertiary/aromatic N) is 1. The SMILES string of the molecule is O=C(NCCNC(=O)N1CCC(Cc2ccccc2)C1)c1ccco1. The Morgan fingerprint density at radius 3 is 2.64 bits per heavy atom. The standard InChI is InChI=1S/C19H23N3O3/c23-18(17-7-4-12-25-17)20-9-10-21-19(24)22-11-8-16(14-22)13-15-5-2-1-3-6-15/h1-7,12,16H,8-11,13-14H2,(H,20,23)(H,21,24). The Kier molecular flexibility index (Phi) is 5.72. The number of furan rings is 1. The molecule has 132 valence electrons. The van der Waals surface area contributed by atoms with Crippen molar-refractivity contribution in [1.29, 1.82) is 0 Å². The van der Waals surface area contributed by atoms with E-state index in [1.165, 1.54) is 11.8 Å². The molecule has 1 aliphatic rings. The van der Waals surface area contributed by atoms with Crippen molar-refractivity contribution in [3.05, 3.63) is 60.1 Å². The predicted octanol–water partition coefficient (Wildman–Crippen LogP) is 2.28. The van der Waals surface area contributed by atoms with E-state index in [0.717, 1.165) is 25.9 Å². The van der Waals surface area contributed by atoms with Crippen LogP contribution in [0.4, 0.5) is 4.79 Å². The fourth-order valence-corrected chi connectivity index (χ4v) is 3.08. The van der Waals surface area contributed by atoms with Gasteiger partial charge in [0, 0.05) is 26.2 Å². The van der Waals surface area contributed by atoms with Crippen LogP contribution in [0.25, 0.3) is 0 Å². The Morgan fingerprint density at radius 1 is 1.08 bits per heavy atom. The quantitative estimate of drug-likeness (QED) is 0.792. The van der Waals surface area contributed by atoms with Gasteiger partial charge in [0.05, 0.1) is 6.26 Å². The Bertz CT molecular complexity index is 685. The number of carbonyl (C=O) groups is 2. The second-order valence-corrected chi connectivity index (χ2v) is 6.26. The number of carbonyl (C=O) groups excluding carboxylic acids is 2. The van der Waals surface area contributed by atoms with E-state index >= 15 is 0 Å². The van der Waals surface area contributed by atoms with E-state index in [1.54, 1.807) is 12.1 Å². The average Bonchev–Trinajstić information content (AvgIpc) is 3.31. The van der Waals surface area contributed by atoms with Crippen LogP contribution in [0.1, 0.15) is 22.5 Å². The number of urea groups is 1. The summed E-state index contributed by atoms with van der Waals surface area (Å²) in [6.07, 6.45) is 3.48. The predicted molar refractivity (Wildman–Crippen MR) is 94.3 cm³/mol. The molecule has 6 nitrogen and oxygen atoms in total. The van der Waals surface area contributed by atoms with E-state index in [1.807, 2.05) is 23.1 Å². The van der Waals surface area contributed by atoms with Crippen LogP contribution in [0.5, 0.6) is 0 Å². The molecule has 1 saturated heterocycles. The Morgan fingerprint density at radius 2 is 1.88 bits per heavy atom. The van der Waals surface area contributed by atoms with Crippen LogP contribution in [0, 0.1) is 5.92 Å². The smallest absolute Gasteiger partial charge is 0.317 e. The first kappa shape index (κ1) is 17.1. The highest BCUT2D eigenvalue weighted by atomic mass is 16.3. The maximum atomic E-state index is 12.2. The normalized spacial score (nSPS) is 16.6. The maximum absolute atomic E-state index is 12.2. The van der Waals surface area contributed by atoms with Gasteiger partial charge in [0.2, 0.25) is 0 Å². The highest BCUT2D eigenvalue weighted by molar-refractivity contribution is 5.91. The highest BCUT2D eigenvalue weighted by Crippen LogP contribution is 2.20. The first-order valence-electron chi connectivity index (χ1n) is 8.61. The number of hydrogen-bond acceptors (Lipinski definition) is 3. The Hall–Kier alpha value is -2.76. The summed E-state index contributed by atoms with van der Waals surface area (Å²) in [6, 6.07) is 13.6. The Balaban J connectivity index is 1.34. The number of hydrogen-bond donors (Lipinski definition) is 2. The fraction of sp³-hybridized carbons (Fsp3) is 0.368. The molecule has 25 heavy (non-hydrogen) atoms. The molecular formula is C19H23N3O3. The van der Waals surface area contributed by atoms with Gasteiger partial charge in [-0.3, -0.25) is 4.79 Å². The molecule has 1 aliphatic heterocycles. The lowest BCUT2D eigenvalue weighted by atomic mass is 9.99. The van der Waals surface area contributed by atoms with Crippen molar-refractivity contribution in [3.8, 4) is 0 Å². The van der Waals surface area contributed by atoms with Crippen LogP contribution in [-0.4, -0.2) is 43.0 Å². The van der Waals surface area contributed by atoms with Crippen LogP contribution >= 0.6 is 0 Å². The van der Waals surface area contributed by atoms with Crippen LogP contribution in [-0.2, 0) is 6.42 Å². The zero-order valence-electron chi connectivity index (χ0n) is 14.1. The molecule has 2 aromatic rings. The van der Waals surface area contributed by atoms with Crippen LogP contribution < -0.4 is 10.6 Å². The van der Waals surface area contributed by atoms with E-state index in [0.29, 0.717) is 19.0 Å². The van der Waals surface area contributed by atoms with Crippen molar-refractivity contribution < 1.29 is 14.0 Å². The second kappa shape index (κ2) is 8.37. The first-order chi connectivity index (χ1) is 12.2. The molecule has 6 heteroatoms. The van der Waals surface area contributed by atoms with Crippen LogP contribution in [0.2, 0.25) is 0 Å². The summed E-state index contributed by atoms with van der Waals surface area (Å²) in [7, 11) is 0. The monoisotopic (exact) mass is 341 g/mol. The van der Waals surface area contributed by atoms with Gasteiger partial charge >= 0.3 is 6.03 Å². The minimum atomic E-state index is -0.275. The van der Waals surface area contributed by atoms with Gasteiger partial charge in [0.1, 0.15) is 0 Å². The third kappa shape index (κ3) is 4.86. The van der Waals surface area contributed by atoms with Gasteiger partial charge < -0.3 is 20.0 Å². The molecule has 2 N–H and O–H groups in total. The van der Waals surface area contributed by atoms with Gasteiger partial charge in [-0.1, -0.05) is 30.3 Å². The van der Waals surface area contributed by atoms with E-state index in [2.05, 4.69) is 22.8 Å². The third-order valence-electron chi connectivity index (χ3n) is 4.37. The summed E-state index contributed by atoms with van der Waals surface area (Å²) in [6.45, 7) is 2.32. The number of benzene rings is 1. The molecule has 1 unspecified atom stereocenters. The molecule has 1 fully saturated rings. The third-order valence-corrected chi connectivity index (χ3v) is 4.37. The molecule has 3 amide bonds. The molecule has 0 radical (unpaired) electrons. The maximum Gasteiger partial charge on any atom is 0.317 e. The van der Waals surface area contributed by atoms with Crippen molar-refractivity contribution in [1.82, 2.24) is 15.5 Å². The number of amides is 3. The zero-order chi connectivity index (χ0) is 17.5. The van der Waals surface area contributed by atoms with Gasteiger partial charge in [0.15, 0.2) is 5.76 Å². The molecule has 0 spiro atoms. The lowest BCUT2D eigenvalue weighted by molar-refractivity contribution is 0.0926. The summed E-state index contributed by atoms with van der Waals surface area (Å²) in [5, 5.41) is 5.56. The second-order valence-electron chi connectivity index (χ2n) is 6.26. The summed E-state index contributed by atoms with van der Waals surface area (Å²) < 4.78 is 5.01. The van der Waals surface area contributed by atoms with Crippen LogP contribution in [0.3, 0.4) is 0 Å². The van der Waals surface area contributed by atoms with Crippen molar-refractivity contribution in [3.63, 3.8) is 0 Å². The summed E-state index contributed by atoms with van der Waals surface area (Å²) in [5.74, 6) is 0.504. The van der Waals surface area contributed by atoms with Crippen molar-refractivity contribution >= 4 is 11.9 Å². The average molecular weight is 341 g/mol. The van der Waals surface area contributed by atoms with Gasteiger partial charge in [-0.15, -0.1) is 0 Å². The van der Waals surface area contributed by atoms with E-state index in [4.69, 9.17) is 4.42 Å². The number of rotatable bonds is 6. The lowest BCUT2D eigenvalue weighted by Crippen LogP contribution is -2.42. The van der Waals surface area contributed by atoms with Gasteiger partial charge in [0.25, 0.3) is 5.91 Å². The number of nitrogens with one attached hydrogen (secondary N) is 2. The molecule has 0 aliphatic carbocycles. The molecule has 1 aromatic carbocycles. The highest BCUT2D eigenvalue weighted by Gasteiger charge is 2.26. The molecule has 0 saturated carbocycles. The largest absolute Gasteiger partial charge is 0.459 e. The van der Waals surface area contributed by atoms with Gasteiger partial charge in [-0.05, 0) is 36.5 Å². The molecule has 2 heterocycles. The van der Waals surface area contributed by atoms with Crippen molar-refractivity contribution in [2.24, 2.45) is 5.92 Å². The minimum absolute atomic E-state index is 0.0668. The topological polar surface area (TPSA) is 74.6 Å². The molecule has 1 atom stereocenters. The van der Waals surface area contributed by atoms with E-state index < -0.39 is 0 Å². The molecule has 0 bridgehead atoms. The van der Waals surface area contributed by atoms with Crippen molar-refractivity contribution in [2.75, 3.05) is 26.2 Å². The lowest BCUT2D eigenvalue weighted by Gasteiger charge is -2.17. The fourth-order valence-electron chi connectivity index (χ4n) is 3.08. The summed E-state index contributed by atoms with van der Waals surface area (Å²) in [4.78, 5) is 25.7. The molecule has 1 aromatic heterocycles. The van der Waals surface area contributed by atoms with Crippen LogP contribution in [0.15, 0.2) is 53.1 Å². The summed E-state index contributed by atoms with van der Waals surface area (Å²) >= 11 is 0. The van der Waals surface area contributed by atoms with E-state index in [-0.39, 0.29) is 17.7 Å². The zero-order valence-corrected chi connectivity index (χ0v) is 14.1. The van der Waals surface area contributed by atoms with Gasteiger partial charge in [-0.25, -0.2) is 4.79 Å². The molecule has 3 rings (SSSR count).